The van der Waals surface area contributed by atoms with Gasteiger partial charge in [-0.05, 0) is 20.0 Å². The van der Waals surface area contributed by atoms with Crippen LogP contribution in [0, 0.1) is 0 Å². The van der Waals surface area contributed by atoms with E-state index in [-0.39, 0.29) is 11.9 Å². The van der Waals surface area contributed by atoms with Crippen molar-refractivity contribution in [2.45, 2.75) is 13.0 Å². The average molecular weight is 272 g/mol. The van der Waals surface area contributed by atoms with Crippen LogP contribution in [0.3, 0.4) is 0 Å². The van der Waals surface area contributed by atoms with Gasteiger partial charge >= 0.3 is 0 Å². The highest BCUT2D eigenvalue weighted by Crippen LogP contribution is 2.22. The second-order valence-electron chi connectivity index (χ2n) is 4.84. The van der Waals surface area contributed by atoms with Crippen molar-refractivity contribution in [2.24, 2.45) is 0 Å². The molecule has 0 radical (unpaired) electrons. The van der Waals surface area contributed by atoms with Gasteiger partial charge in [0.25, 0.3) is 0 Å². The van der Waals surface area contributed by atoms with Crippen LogP contribution in [-0.4, -0.2) is 41.6 Å². The molecule has 2 aromatic rings. The molecule has 0 fully saturated rings. The van der Waals surface area contributed by atoms with Crippen molar-refractivity contribution in [3.63, 3.8) is 0 Å². The molecule has 1 aromatic carbocycles. The minimum absolute atomic E-state index is 0.00199. The molecular formula is C15H20N4O. The van der Waals surface area contributed by atoms with Gasteiger partial charge in [-0.25, -0.2) is 0 Å². The number of hydrogen-bond acceptors (Lipinski definition) is 3. The molecule has 0 aliphatic rings. The Balaban J connectivity index is 2.10. The standard InChI is InChI=1S/C15H20N4O/c1-11(19(3)10-15(20)16-2)13-9-14(18-17-13)12-7-5-4-6-8-12/h4-9,11H,10H2,1-3H3,(H,16,20)(H,17,18)/t11-/m1/s1. The molecule has 0 aliphatic carbocycles. The van der Waals surface area contributed by atoms with Crippen LogP contribution < -0.4 is 5.32 Å². The van der Waals surface area contributed by atoms with E-state index in [0.29, 0.717) is 6.54 Å². The summed E-state index contributed by atoms with van der Waals surface area (Å²) in [7, 11) is 3.56. The molecule has 1 aromatic heterocycles. The van der Waals surface area contributed by atoms with Crippen molar-refractivity contribution in [2.75, 3.05) is 20.6 Å². The number of H-pyrrole nitrogens is 1. The highest BCUT2D eigenvalue weighted by molar-refractivity contribution is 5.77. The molecule has 1 amide bonds. The number of likely N-dealkylation sites (N-methyl/N-ethyl adjacent to an activating group) is 2. The average Bonchev–Trinajstić information content (AvgIpc) is 2.97. The fourth-order valence-corrected chi connectivity index (χ4v) is 1.99. The molecule has 106 valence electrons. The topological polar surface area (TPSA) is 61.0 Å². The number of rotatable bonds is 5. The third kappa shape index (κ3) is 3.24. The first kappa shape index (κ1) is 14.3. The van der Waals surface area contributed by atoms with E-state index >= 15 is 0 Å². The van der Waals surface area contributed by atoms with Crippen LogP contribution in [0.5, 0.6) is 0 Å². The SMILES string of the molecule is CNC(=O)CN(C)[C@H](C)c1cc(-c2ccccc2)n[nH]1. The normalized spacial score (nSPS) is 12.4. The summed E-state index contributed by atoms with van der Waals surface area (Å²) in [6, 6.07) is 12.1. The lowest BCUT2D eigenvalue weighted by Crippen LogP contribution is -2.34. The zero-order chi connectivity index (χ0) is 14.5. The molecular weight excluding hydrogens is 252 g/mol. The minimum atomic E-state index is 0.00199. The van der Waals surface area contributed by atoms with E-state index in [1.807, 2.05) is 55.3 Å². The summed E-state index contributed by atoms with van der Waals surface area (Å²) >= 11 is 0. The van der Waals surface area contributed by atoms with E-state index in [1.165, 1.54) is 0 Å². The van der Waals surface area contributed by atoms with Crippen molar-refractivity contribution >= 4 is 5.91 Å². The molecule has 2 rings (SSSR count). The number of hydrogen-bond donors (Lipinski definition) is 2. The Bertz CT molecular complexity index is 564. The summed E-state index contributed by atoms with van der Waals surface area (Å²) in [5.74, 6) is 0.00199. The van der Waals surface area contributed by atoms with E-state index in [4.69, 9.17) is 0 Å². The number of aromatic amines is 1. The Hall–Kier alpha value is -2.14. The maximum Gasteiger partial charge on any atom is 0.233 e. The van der Waals surface area contributed by atoms with Crippen molar-refractivity contribution in [3.05, 3.63) is 42.1 Å². The van der Waals surface area contributed by atoms with Gasteiger partial charge < -0.3 is 5.32 Å². The fourth-order valence-electron chi connectivity index (χ4n) is 1.99. The summed E-state index contributed by atoms with van der Waals surface area (Å²) in [6.07, 6.45) is 0. The molecule has 0 unspecified atom stereocenters. The number of amides is 1. The lowest BCUT2D eigenvalue weighted by molar-refractivity contribution is -0.121. The van der Waals surface area contributed by atoms with Gasteiger partial charge in [-0.2, -0.15) is 5.10 Å². The van der Waals surface area contributed by atoms with Crippen molar-refractivity contribution in [1.29, 1.82) is 0 Å². The largest absolute Gasteiger partial charge is 0.358 e. The van der Waals surface area contributed by atoms with Crippen LogP contribution in [0.4, 0.5) is 0 Å². The van der Waals surface area contributed by atoms with E-state index < -0.39 is 0 Å². The third-order valence-electron chi connectivity index (χ3n) is 3.45. The molecule has 1 heterocycles. The minimum Gasteiger partial charge on any atom is -0.358 e. The first-order chi connectivity index (χ1) is 9.61. The lowest BCUT2D eigenvalue weighted by Gasteiger charge is -2.22. The van der Waals surface area contributed by atoms with Gasteiger partial charge in [0.1, 0.15) is 0 Å². The molecule has 0 bridgehead atoms. The van der Waals surface area contributed by atoms with Crippen molar-refractivity contribution < 1.29 is 4.79 Å². The first-order valence-electron chi connectivity index (χ1n) is 6.63. The second kappa shape index (κ2) is 6.34. The van der Waals surface area contributed by atoms with E-state index in [2.05, 4.69) is 15.5 Å². The van der Waals surface area contributed by atoms with Crippen LogP contribution in [-0.2, 0) is 4.79 Å². The summed E-state index contributed by atoms with van der Waals surface area (Å²) in [5.41, 5.74) is 2.99. The van der Waals surface area contributed by atoms with E-state index in [1.54, 1.807) is 7.05 Å². The van der Waals surface area contributed by atoms with Crippen LogP contribution in [0.25, 0.3) is 11.3 Å². The lowest BCUT2D eigenvalue weighted by atomic mass is 10.1. The molecule has 0 aliphatic heterocycles. The Labute approximate surface area is 119 Å². The molecule has 20 heavy (non-hydrogen) atoms. The van der Waals surface area contributed by atoms with Gasteiger partial charge in [-0.1, -0.05) is 30.3 Å². The second-order valence-corrected chi connectivity index (χ2v) is 4.84. The molecule has 0 saturated heterocycles. The summed E-state index contributed by atoms with van der Waals surface area (Å²) in [6.45, 7) is 2.41. The predicted octanol–water partition coefficient (Wildman–Crippen LogP) is 1.82. The van der Waals surface area contributed by atoms with E-state index in [0.717, 1.165) is 17.0 Å². The van der Waals surface area contributed by atoms with Crippen molar-refractivity contribution in [1.82, 2.24) is 20.4 Å². The molecule has 5 heteroatoms. The van der Waals surface area contributed by atoms with Crippen LogP contribution in [0.2, 0.25) is 0 Å². The summed E-state index contributed by atoms with van der Waals surface area (Å²) in [5, 5.41) is 10.0. The Morgan fingerprint density at radius 2 is 2.10 bits per heavy atom. The summed E-state index contributed by atoms with van der Waals surface area (Å²) < 4.78 is 0. The summed E-state index contributed by atoms with van der Waals surface area (Å²) in [4.78, 5) is 13.4. The van der Waals surface area contributed by atoms with Gasteiger partial charge in [-0.15, -0.1) is 0 Å². The molecule has 0 saturated carbocycles. The Kier molecular flexibility index (Phi) is 4.53. The van der Waals surface area contributed by atoms with E-state index in [9.17, 15) is 4.79 Å². The quantitative estimate of drug-likeness (QED) is 0.872. The smallest absolute Gasteiger partial charge is 0.233 e. The number of benzene rings is 1. The van der Waals surface area contributed by atoms with Gasteiger partial charge in [0.2, 0.25) is 5.91 Å². The highest BCUT2D eigenvalue weighted by atomic mass is 16.1. The maximum absolute atomic E-state index is 11.4. The number of aromatic nitrogens is 2. The van der Waals surface area contributed by atoms with Crippen LogP contribution >= 0.6 is 0 Å². The zero-order valence-corrected chi connectivity index (χ0v) is 12.1. The van der Waals surface area contributed by atoms with Gasteiger partial charge in [-0.3, -0.25) is 14.8 Å². The highest BCUT2D eigenvalue weighted by Gasteiger charge is 2.16. The van der Waals surface area contributed by atoms with Gasteiger partial charge in [0.15, 0.2) is 0 Å². The Morgan fingerprint density at radius 1 is 1.40 bits per heavy atom. The molecule has 5 nitrogen and oxygen atoms in total. The number of carbonyl (C=O) groups excluding carboxylic acids is 1. The number of carbonyl (C=O) groups is 1. The molecule has 1 atom stereocenters. The first-order valence-corrected chi connectivity index (χ1v) is 6.63. The van der Waals surface area contributed by atoms with Gasteiger partial charge in [0.05, 0.1) is 17.9 Å². The number of nitrogens with one attached hydrogen (secondary N) is 2. The van der Waals surface area contributed by atoms with Crippen LogP contribution in [0.1, 0.15) is 18.7 Å². The molecule has 2 N–H and O–H groups in total. The fraction of sp³-hybridized carbons (Fsp3) is 0.333. The third-order valence-corrected chi connectivity index (χ3v) is 3.45. The molecule has 0 spiro atoms. The van der Waals surface area contributed by atoms with Crippen molar-refractivity contribution in [3.8, 4) is 11.3 Å². The maximum atomic E-state index is 11.4. The predicted molar refractivity (Wildman–Crippen MR) is 79.1 cm³/mol. The zero-order valence-electron chi connectivity index (χ0n) is 12.1. The van der Waals surface area contributed by atoms with Crippen LogP contribution in [0.15, 0.2) is 36.4 Å². The monoisotopic (exact) mass is 272 g/mol. The number of nitrogens with zero attached hydrogens (tertiary/aromatic N) is 2. The Morgan fingerprint density at radius 3 is 2.75 bits per heavy atom. The van der Waals surface area contributed by atoms with Gasteiger partial charge in [0, 0.05) is 18.7 Å².